The van der Waals surface area contributed by atoms with Crippen molar-refractivity contribution in [1.82, 2.24) is 15.1 Å². The molecule has 0 aliphatic carbocycles. The molecule has 21 heavy (non-hydrogen) atoms. The van der Waals surface area contributed by atoms with Crippen LogP contribution in [-0.2, 0) is 4.79 Å². The van der Waals surface area contributed by atoms with E-state index >= 15 is 0 Å². The molecular formula is C16H28N4O. The van der Waals surface area contributed by atoms with Crippen molar-refractivity contribution in [2.75, 3.05) is 18.4 Å². The molecule has 2 N–H and O–H groups in total. The number of carbonyl (C=O) groups excluding carboxylic acids is 1. The zero-order valence-electron chi connectivity index (χ0n) is 13.9. The van der Waals surface area contributed by atoms with Crippen molar-refractivity contribution in [3.05, 3.63) is 11.4 Å². The van der Waals surface area contributed by atoms with Gasteiger partial charge in [0.05, 0.1) is 22.5 Å². The summed E-state index contributed by atoms with van der Waals surface area (Å²) in [5.41, 5.74) is 2.59. The highest BCUT2D eigenvalue weighted by atomic mass is 16.2. The van der Waals surface area contributed by atoms with Crippen LogP contribution in [0, 0.1) is 19.3 Å². The highest BCUT2D eigenvalue weighted by molar-refractivity contribution is 5.96. The van der Waals surface area contributed by atoms with Crippen LogP contribution in [0.3, 0.4) is 0 Å². The van der Waals surface area contributed by atoms with Crippen LogP contribution in [0.15, 0.2) is 0 Å². The van der Waals surface area contributed by atoms with Gasteiger partial charge in [0.2, 0.25) is 5.91 Å². The van der Waals surface area contributed by atoms with Gasteiger partial charge < -0.3 is 10.6 Å². The molecule has 1 aliphatic heterocycles. The largest absolute Gasteiger partial charge is 0.322 e. The second-order valence-electron chi connectivity index (χ2n) is 6.42. The Kier molecular flexibility index (Phi) is 4.71. The van der Waals surface area contributed by atoms with Gasteiger partial charge in [0.25, 0.3) is 0 Å². The lowest BCUT2D eigenvalue weighted by Crippen LogP contribution is -2.44. The van der Waals surface area contributed by atoms with Crippen molar-refractivity contribution in [3.63, 3.8) is 0 Å². The highest BCUT2D eigenvalue weighted by Crippen LogP contribution is 2.35. The summed E-state index contributed by atoms with van der Waals surface area (Å²) < 4.78 is 1.98. The second kappa shape index (κ2) is 6.18. The van der Waals surface area contributed by atoms with Gasteiger partial charge in [0, 0.05) is 6.04 Å². The van der Waals surface area contributed by atoms with E-state index in [2.05, 4.69) is 36.5 Å². The molecule has 1 aromatic rings. The minimum absolute atomic E-state index is 0.154. The molecule has 1 aliphatic rings. The molecule has 2 rings (SSSR count). The number of aryl methyl sites for hydroxylation is 1. The fourth-order valence-corrected chi connectivity index (χ4v) is 3.24. The minimum atomic E-state index is -0.232. The van der Waals surface area contributed by atoms with E-state index in [1.165, 1.54) is 0 Å². The Labute approximate surface area is 127 Å². The quantitative estimate of drug-likeness (QED) is 0.897. The first-order valence-corrected chi connectivity index (χ1v) is 7.99. The molecule has 0 aromatic carbocycles. The summed E-state index contributed by atoms with van der Waals surface area (Å²) in [7, 11) is 0. The second-order valence-corrected chi connectivity index (χ2v) is 6.42. The molecule has 0 unspecified atom stereocenters. The van der Waals surface area contributed by atoms with E-state index in [1.807, 2.05) is 18.5 Å². The predicted molar refractivity (Wildman–Crippen MR) is 85.5 cm³/mol. The molecule has 0 spiro atoms. The van der Waals surface area contributed by atoms with Crippen LogP contribution in [0.1, 0.15) is 57.5 Å². The summed E-state index contributed by atoms with van der Waals surface area (Å²) in [5.74, 6) is 0.154. The molecule has 5 nitrogen and oxygen atoms in total. The van der Waals surface area contributed by atoms with E-state index in [4.69, 9.17) is 0 Å². The van der Waals surface area contributed by atoms with E-state index in [9.17, 15) is 4.79 Å². The number of aromatic nitrogens is 2. The van der Waals surface area contributed by atoms with Crippen LogP contribution in [0.25, 0.3) is 0 Å². The normalized spacial score (nSPS) is 18.0. The van der Waals surface area contributed by atoms with Crippen LogP contribution in [0.4, 0.5) is 5.69 Å². The average Bonchev–Trinajstić information content (AvgIpc) is 2.76. The first kappa shape index (κ1) is 16.0. The zero-order chi connectivity index (χ0) is 15.6. The Morgan fingerprint density at radius 3 is 2.48 bits per heavy atom. The van der Waals surface area contributed by atoms with Crippen molar-refractivity contribution in [2.45, 2.75) is 59.9 Å². The standard InChI is InChI=1S/C16H28N4O/c1-6-16(7-9-17-10-8-16)15(21)18-14-12(4)19-20(11(2)3)13(14)5/h11,17H,6-10H2,1-5H3,(H,18,21). The smallest absolute Gasteiger partial charge is 0.230 e. The van der Waals surface area contributed by atoms with E-state index in [-0.39, 0.29) is 11.3 Å². The molecule has 1 aromatic heterocycles. The predicted octanol–water partition coefficient (Wildman–Crippen LogP) is 2.80. The van der Waals surface area contributed by atoms with Crippen LogP contribution in [0.5, 0.6) is 0 Å². The van der Waals surface area contributed by atoms with Crippen molar-refractivity contribution in [1.29, 1.82) is 0 Å². The Morgan fingerprint density at radius 1 is 1.38 bits per heavy atom. The molecule has 5 heteroatoms. The Bertz CT molecular complexity index is 513. The monoisotopic (exact) mass is 292 g/mol. The van der Waals surface area contributed by atoms with Gasteiger partial charge in [0.15, 0.2) is 0 Å². The lowest BCUT2D eigenvalue weighted by molar-refractivity contribution is -0.127. The first-order valence-electron chi connectivity index (χ1n) is 7.99. The summed E-state index contributed by atoms with van der Waals surface area (Å²) in [6, 6.07) is 0.299. The van der Waals surface area contributed by atoms with Gasteiger partial charge in [-0.15, -0.1) is 0 Å². The third-order valence-corrected chi connectivity index (χ3v) is 4.77. The summed E-state index contributed by atoms with van der Waals surface area (Å²) in [6.45, 7) is 12.1. The average molecular weight is 292 g/mol. The first-order chi connectivity index (χ1) is 9.91. The summed E-state index contributed by atoms with van der Waals surface area (Å²) in [4.78, 5) is 12.8. The molecule has 0 atom stereocenters. The fourth-order valence-electron chi connectivity index (χ4n) is 3.24. The number of carbonyl (C=O) groups is 1. The van der Waals surface area contributed by atoms with Gasteiger partial charge in [0.1, 0.15) is 0 Å². The van der Waals surface area contributed by atoms with Crippen LogP contribution in [-0.4, -0.2) is 28.8 Å². The minimum Gasteiger partial charge on any atom is -0.322 e. The van der Waals surface area contributed by atoms with Crippen LogP contribution in [0.2, 0.25) is 0 Å². The van der Waals surface area contributed by atoms with Crippen molar-refractivity contribution >= 4 is 11.6 Å². The maximum absolute atomic E-state index is 12.8. The number of rotatable bonds is 4. The van der Waals surface area contributed by atoms with Gasteiger partial charge in [-0.25, -0.2) is 0 Å². The zero-order valence-corrected chi connectivity index (χ0v) is 13.9. The molecule has 1 fully saturated rings. The SMILES string of the molecule is CCC1(C(=O)Nc2c(C)nn(C(C)C)c2C)CCNCC1. The van der Waals surface area contributed by atoms with Gasteiger partial charge in [-0.2, -0.15) is 5.10 Å². The number of hydrogen-bond acceptors (Lipinski definition) is 3. The Balaban J connectivity index is 2.23. The van der Waals surface area contributed by atoms with Crippen molar-refractivity contribution in [3.8, 4) is 0 Å². The Hall–Kier alpha value is -1.36. The molecule has 118 valence electrons. The molecule has 0 radical (unpaired) electrons. The molecule has 1 saturated heterocycles. The Morgan fingerprint density at radius 2 is 2.00 bits per heavy atom. The maximum Gasteiger partial charge on any atom is 0.230 e. The summed E-state index contributed by atoms with van der Waals surface area (Å²) in [5, 5.41) is 11.0. The number of hydrogen-bond donors (Lipinski definition) is 2. The van der Waals surface area contributed by atoms with Crippen molar-refractivity contribution in [2.24, 2.45) is 5.41 Å². The summed E-state index contributed by atoms with van der Waals surface area (Å²) in [6.07, 6.45) is 2.70. The molecule has 1 amide bonds. The van der Waals surface area contributed by atoms with Gasteiger partial charge in [-0.05, 0) is 60.0 Å². The van der Waals surface area contributed by atoms with Crippen molar-refractivity contribution < 1.29 is 4.79 Å². The lowest BCUT2D eigenvalue weighted by atomic mass is 9.76. The number of nitrogens with zero attached hydrogens (tertiary/aromatic N) is 2. The van der Waals surface area contributed by atoms with E-state index in [1.54, 1.807) is 0 Å². The molecule has 2 heterocycles. The highest BCUT2D eigenvalue weighted by Gasteiger charge is 2.38. The topological polar surface area (TPSA) is 59.0 Å². The third-order valence-electron chi connectivity index (χ3n) is 4.77. The maximum atomic E-state index is 12.8. The number of anilines is 1. The fraction of sp³-hybridized carbons (Fsp3) is 0.750. The van der Waals surface area contributed by atoms with E-state index in [0.29, 0.717) is 6.04 Å². The summed E-state index contributed by atoms with van der Waals surface area (Å²) >= 11 is 0. The number of piperidine rings is 1. The van der Waals surface area contributed by atoms with E-state index in [0.717, 1.165) is 49.4 Å². The van der Waals surface area contributed by atoms with Crippen LogP contribution >= 0.6 is 0 Å². The number of amides is 1. The molecule has 0 saturated carbocycles. The van der Waals surface area contributed by atoms with Gasteiger partial charge in [-0.1, -0.05) is 6.92 Å². The van der Waals surface area contributed by atoms with Gasteiger partial charge >= 0.3 is 0 Å². The van der Waals surface area contributed by atoms with Gasteiger partial charge in [-0.3, -0.25) is 9.48 Å². The molecule has 0 bridgehead atoms. The lowest BCUT2D eigenvalue weighted by Gasteiger charge is -2.35. The number of nitrogens with one attached hydrogen (secondary N) is 2. The molecular weight excluding hydrogens is 264 g/mol. The van der Waals surface area contributed by atoms with E-state index < -0.39 is 0 Å². The third kappa shape index (κ3) is 2.98. The van der Waals surface area contributed by atoms with Crippen LogP contribution < -0.4 is 10.6 Å².